The van der Waals surface area contributed by atoms with Crippen LogP contribution in [0.5, 0.6) is 0 Å². The van der Waals surface area contributed by atoms with Crippen molar-refractivity contribution in [1.29, 1.82) is 0 Å². The molecule has 0 bridgehead atoms. The van der Waals surface area contributed by atoms with Crippen LogP contribution in [0.25, 0.3) is 11.3 Å². The second kappa shape index (κ2) is 8.92. The number of nitrogens with one attached hydrogen (secondary N) is 2. The van der Waals surface area contributed by atoms with Crippen molar-refractivity contribution in [2.45, 2.75) is 6.54 Å². The molecule has 10 heteroatoms. The van der Waals surface area contributed by atoms with E-state index in [4.69, 9.17) is 11.6 Å². The Hall–Kier alpha value is -3.69. The fraction of sp³-hybridized carbons (Fsp3) is 0.0833. The zero-order chi connectivity index (χ0) is 23.8. The number of hydrogen-bond donors (Lipinski definition) is 2. The molecule has 2 N–H and O–H groups in total. The summed E-state index contributed by atoms with van der Waals surface area (Å²) >= 11 is 7.59. The third-order valence-corrected chi connectivity index (χ3v) is 6.37. The lowest BCUT2D eigenvalue weighted by Gasteiger charge is -2.13. The van der Waals surface area contributed by atoms with Crippen LogP contribution in [0.2, 0.25) is 5.02 Å². The van der Waals surface area contributed by atoms with Crippen molar-refractivity contribution in [1.82, 2.24) is 15.3 Å². The Labute approximate surface area is 202 Å². The number of carbonyl (C=O) groups is 1. The summed E-state index contributed by atoms with van der Waals surface area (Å²) in [6.07, 6.45) is 1.63. The number of thiophene rings is 1. The maximum atomic E-state index is 14.7. The Morgan fingerprint density at radius 3 is 2.68 bits per heavy atom. The number of fused-ring (bicyclic) bond motifs is 3. The first-order chi connectivity index (χ1) is 16.4. The Bertz CT molecular complexity index is 1450. The van der Waals surface area contributed by atoms with Crippen molar-refractivity contribution in [3.05, 3.63) is 93.0 Å². The lowest BCUT2D eigenvalue weighted by Crippen LogP contribution is -2.16. The predicted octanol–water partition coefficient (Wildman–Crippen LogP) is 5.59. The molecule has 2 aromatic carbocycles. The number of benzene rings is 2. The number of amides is 1. The Kier molecular flexibility index (Phi) is 5.80. The minimum Gasteiger partial charge on any atom is -0.355 e. The molecule has 1 amide bonds. The molecular weight excluding hydrogens is 480 g/mol. The monoisotopic (exact) mass is 495 g/mol. The lowest BCUT2D eigenvalue weighted by atomic mass is 9.95. The molecule has 0 radical (unpaired) electrons. The molecule has 34 heavy (non-hydrogen) atoms. The Morgan fingerprint density at radius 1 is 1.12 bits per heavy atom. The predicted molar refractivity (Wildman–Crippen MR) is 129 cm³/mol. The first-order valence-electron chi connectivity index (χ1n) is 10.2. The zero-order valence-electron chi connectivity index (χ0n) is 17.7. The summed E-state index contributed by atoms with van der Waals surface area (Å²) in [4.78, 5) is 25.4. The molecule has 1 aliphatic rings. The fourth-order valence-corrected chi connectivity index (χ4v) is 4.64. The summed E-state index contributed by atoms with van der Waals surface area (Å²) in [5, 5.41) is 8.51. The standard InChI is InChI=1S/C24H16ClF2N5OS/c1-28-23(33)12-7-19(34-11-12)31-24-30-10-13-9-29-22(20-17(26)3-2-4-18(20)27)16-8-14(25)5-6-15(16)21(13)32-24/h2-8,10-11H,9H2,1H3,(H,28,33)(H,30,31,32). The van der Waals surface area contributed by atoms with Gasteiger partial charge in [0.2, 0.25) is 5.95 Å². The molecule has 0 spiro atoms. The van der Waals surface area contributed by atoms with Gasteiger partial charge in [-0.05, 0) is 30.3 Å². The minimum atomic E-state index is -0.714. The van der Waals surface area contributed by atoms with E-state index >= 15 is 0 Å². The summed E-state index contributed by atoms with van der Waals surface area (Å²) < 4.78 is 29.3. The van der Waals surface area contributed by atoms with Gasteiger partial charge in [-0.25, -0.2) is 18.7 Å². The van der Waals surface area contributed by atoms with E-state index in [1.165, 1.54) is 29.5 Å². The van der Waals surface area contributed by atoms with Crippen LogP contribution in [0.15, 0.2) is 59.0 Å². The SMILES string of the molecule is CNC(=O)c1csc(Nc2ncc3c(n2)-c2ccc(Cl)cc2C(c2c(F)cccc2F)=NC3)c1. The van der Waals surface area contributed by atoms with Gasteiger partial charge in [-0.3, -0.25) is 9.79 Å². The number of aliphatic imine (C=N–C) groups is 1. The lowest BCUT2D eigenvalue weighted by molar-refractivity contribution is 0.0963. The number of halogens is 3. The van der Waals surface area contributed by atoms with Crippen molar-refractivity contribution >= 4 is 45.5 Å². The van der Waals surface area contributed by atoms with Crippen LogP contribution < -0.4 is 10.6 Å². The van der Waals surface area contributed by atoms with E-state index in [0.717, 1.165) is 0 Å². The van der Waals surface area contributed by atoms with Gasteiger partial charge in [0.25, 0.3) is 5.91 Å². The van der Waals surface area contributed by atoms with Crippen LogP contribution in [0.1, 0.15) is 27.0 Å². The van der Waals surface area contributed by atoms with Crippen molar-refractivity contribution in [3.8, 4) is 11.3 Å². The van der Waals surface area contributed by atoms with E-state index in [0.29, 0.717) is 43.9 Å². The summed E-state index contributed by atoms with van der Waals surface area (Å²) in [7, 11) is 1.57. The van der Waals surface area contributed by atoms with Gasteiger partial charge in [0.15, 0.2) is 0 Å². The highest BCUT2D eigenvalue weighted by molar-refractivity contribution is 7.14. The van der Waals surface area contributed by atoms with Crippen LogP contribution >= 0.6 is 22.9 Å². The van der Waals surface area contributed by atoms with Crippen molar-refractivity contribution in [2.75, 3.05) is 12.4 Å². The maximum Gasteiger partial charge on any atom is 0.251 e. The van der Waals surface area contributed by atoms with Crippen LogP contribution in [0, 0.1) is 11.6 Å². The Balaban J connectivity index is 1.59. The average Bonchev–Trinajstić information content (AvgIpc) is 3.23. The van der Waals surface area contributed by atoms with E-state index in [9.17, 15) is 13.6 Å². The minimum absolute atomic E-state index is 0.130. The molecule has 0 aliphatic carbocycles. The normalized spacial score (nSPS) is 12.3. The first-order valence-corrected chi connectivity index (χ1v) is 11.4. The quantitative estimate of drug-likeness (QED) is 0.387. The third kappa shape index (κ3) is 4.04. The maximum absolute atomic E-state index is 14.7. The van der Waals surface area contributed by atoms with E-state index in [2.05, 4.69) is 25.6 Å². The fourth-order valence-electron chi connectivity index (χ4n) is 3.70. The topological polar surface area (TPSA) is 79.3 Å². The largest absolute Gasteiger partial charge is 0.355 e. The van der Waals surface area contributed by atoms with Gasteiger partial charge in [-0.1, -0.05) is 23.7 Å². The molecule has 170 valence electrons. The highest BCUT2D eigenvalue weighted by atomic mass is 35.5. The molecular formula is C24H16ClF2N5OS. The van der Waals surface area contributed by atoms with Gasteiger partial charge in [0.05, 0.1) is 34.1 Å². The summed E-state index contributed by atoms with van der Waals surface area (Å²) in [6.45, 7) is 0.130. The second-order valence-electron chi connectivity index (χ2n) is 7.42. The average molecular weight is 496 g/mol. The van der Waals surface area contributed by atoms with Gasteiger partial charge < -0.3 is 10.6 Å². The smallest absolute Gasteiger partial charge is 0.251 e. The number of anilines is 2. The van der Waals surface area contributed by atoms with Gasteiger partial charge in [0, 0.05) is 40.3 Å². The van der Waals surface area contributed by atoms with Crippen LogP contribution in [-0.4, -0.2) is 28.6 Å². The highest BCUT2D eigenvalue weighted by Gasteiger charge is 2.25. The molecule has 6 nitrogen and oxygen atoms in total. The Morgan fingerprint density at radius 2 is 1.91 bits per heavy atom. The van der Waals surface area contributed by atoms with Gasteiger partial charge in [0.1, 0.15) is 11.6 Å². The molecule has 3 heterocycles. The summed E-state index contributed by atoms with van der Waals surface area (Å²) in [6, 6.07) is 10.5. The third-order valence-electron chi connectivity index (χ3n) is 5.29. The van der Waals surface area contributed by atoms with Crippen molar-refractivity contribution in [2.24, 2.45) is 4.99 Å². The molecule has 0 saturated heterocycles. The van der Waals surface area contributed by atoms with E-state index < -0.39 is 11.6 Å². The number of carbonyl (C=O) groups excluding carboxylic acids is 1. The van der Waals surface area contributed by atoms with Crippen LogP contribution in [0.4, 0.5) is 19.7 Å². The van der Waals surface area contributed by atoms with Crippen molar-refractivity contribution < 1.29 is 13.6 Å². The molecule has 4 aromatic rings. The molecule has 1 aliphatic heterocycles. The highest BCUT2D eigenvalue weighted by Crippen LogP contribution is 2.35. The van der Waals surface area contributed by atoms with Crippen LogP contribution in [0.3, 0.4) is 0 Å². The van der Waals surface area contributed by atoms with Crippen molar-refractivity contribution in [3.63, 3.8) is 0 Å². The van der Waals surface area contributed by atoms with Crippen LogP contribution in [-0.2, 0) is 6.54 Å². The molecule has 0 fully saturated rings. The summed E-state index contributed by atoms with van der Waals surface area (Å²) in [5.74, 6) is -1.31. The molecule has 0 atom stereocenters. The van der Waals surface area contributed by atoms with E-state index in [-0.39, 0.29) is 23.7 Å². The van der Waals surface area contributed by atoms with Gasteiger partial charge >= 0.3 is 0 Å². The first kappa shape index (κ1) is 22.1. The molecule has 0 saturated carbocycles. The van der Waals surface area contributed by atoms with Gasteiger partial charge in [-0.15, -0.1) is 11.3 Å². The van der Waals surface area contributed by atoms with E-state index in [1.807, 2.05) is 0 Å². The van der Waals surface area contributed by atoms with E-state index in [1.54, 1.807) is 42.9 Å². The number of hydrogen-bond acceptors (Lipinski definition) is 6. The van der Waals surface area contributed by atoms with Gasteiger partial charge in [-0.2, -0.15) is 0 Å². The molecule has 0 unspecified atom stereocenters. The number of rotatable bonds is 4. The molecule has 5 rings (SSSR count). The second-order valence-corrected chi connectivity index (χ2v) is 8.77. The number of aromatic nitrogens is 2. The summed E-state index contributed by atoms with van der Waals surface area (Å²) in [5.41, 5.74) is 2.83. The zero-order valence-corrected chi connectivity index (χ0v) is 19.3. The number of nitrogens with zero attached hydrogens (tertiary/aromatic N) is 3. The molecule has 2 aromatic heterocycles.